The molecule has 6 heteroatoms. The molecule has 1 saturated heterocycles. The summed E-state index contributed by atoms with van der Waals surface area (Å²) in [5.74, 6) is 1.57. The Bertz CT molecular complexity index is 476. The van der Waals surface area contributed by atoms with Crippen molar-refractivity contribution in [3.8, 4) is 11.5 Å². The number of ether oxygens (including phenoxy) is 1. The summed E-state index contributed by atoms with van der Waals surface area (Å²) in [4.78, 5) is 2.54. The van der Waals surface area contributed by atoms with Crippen molar-refractivity contribution in [2.24, 2.45) is 5.92 Å². The number of phenols is 1. The summed E-state index contributed by atoms with van der Waals surface area (Å²) in [5, 5.41) is 14.0. The zero-order chi connectivity index (χ0) is 14.7. The van der Waals surface area contributed by atoms with Crippen molar-refractivity contribution >= 4 is 24.8 Å². The molecular formula is C17H28Cl2N2O2. The van der Waals surface area contributed by atoms with E-state index in [4.69, 9.17) is 4.74 Å². The number of hydrogen-bond acceptors (Lipinski definition) is 4. The van der Waals surface area contributed by atoms with E-state index in [1.165, 1.54) is 25.7 Å². The Labute approximate surface area is 151 Å². The molecule has 1 atom stereocenters. The van der Waals surface area contributed by atoms with Gasteiger partial charge in [0.05, 0.1) is 7.11 Å². The van der Waals surface area contributed by atoms with E-state index in [-0.39, 0.29) is 24.8 Å². The molecule has 23 heavy (non-hydrogen) atoms. The van der Waals surface area contributed by atoms with Gasteiger partial charge in [0.1, 0.15) is 0 Å². The second kappa shape index (κ2) is 9.58. The standard InChI is InChI=1S/C17H26N2O2.2ClH/c1-21-15-8-4-7-14(17(15)20)16(13-5-2-3-6-13)19-11-9-18-10-12-19;;/h4,7-8,13,16,18,20H,2-3,5-6,9-12H2,1H3;2*1H/t16-;;/m0../s1. The fourth-order valence-electron chi connectivity index (χ4n) is 3.92. The Kier molecular flexibility index (Phi) is 8.48. The van der Waals surface area contributed by atoms with Gasteiger partial charge < -0.3 is 15.2 Å². The number of rotatable bonds is 4. The maximum Gasteiger partial charge on any atom is 0.162 e. The minimum Gasteiger partial charge on any atom is -0.504 e. The molecular weight excluding hydrogens is 335 g/mol. The number of nitrogens with zero attached hydrogens (tertiary/aromatic N) is 1. The van der Waals surface area contributed by atoms with Crippen molar-refractivity contribution in [1.29, 1.82) is 0 Å². The average Bonchev–Trinajstić information content (AvgIpc) is 3.04. The van der Waals surface area contributed by atoms with Crippen LogP contribution in [0.2, 0.25) is 0 Å². The summed E-state index contributed by atoms with van der Waals surface area (Å²) in [6.07, 6.45) is 5.17. The number of nitrogens with one attached hydrogen (secondary N) is 1. The topological polar surface area (TPSA) is 44.7 Å². The fraction of sp³-hybridized carbons (Fsp3) is 0.647. The molecule has 3 rings (SSSR count). The Morgan fingerprint density at radius 1 is 1.17 bits per heavy atom. The highest BCUT2D eigenvalue weighted by atomic mass is 35.5. The van der Waals surface area contributed by atoms with Gasteiger partial charge in [-0.3, -0.25) is 4.90 Å². The third kappa shape index (κ3) is 4.44. The Hall–Kier alpha value is -0.680. The number of methoxy groups -OCH3 is 1. The van der Waals surface area contributed by atoms with Gasteiger partial charge in [0.25, 0.3) is 0 Å². The van der Waals surface area contributed by atoms with Crippen molar-refractivity contribution in [3.05, 3.63) is 23.8 Å². The average molecular weight is 363 g/mol. The van der Waals surface area contributed by atoms with Crippen LogP contribution in [0.3, 0.4) is 0 Å². The van der Waals surface area contributed by atoms with E-state index in [0.717, 1.165) is 31.7 Å². The lowest BCUT2D eigenvalue weighted by Gasteiger charge is -2.39. The molecule has 0 bridgehead atoms. The van der Waals surface area contributed by atoms with E-state index in [0.29, 0.717) is 23.5 Å². The molecule has 4 nitrogen and oxygen atoms in total. The third-order valence-electron chi connectivity index (χ3n) is 4.96. The summed E-state index contributed by atoms with van der Waals surface area (Å²) in [6.45, 7) is 4.18. The smallest absolute Gasteiger partial charge is 0.162 e. The fourth-order valence-corrected chi connectivity index (χ4v) is 3.92. The summed E-state index contributed by atoms with van der Waals surface area (Å²) >= 11 is 0. The van der Waals surface area contributed by atoms with Gasteiger partial charge in [-0.05, 0) is 24.8 Å². The van der Waals surface area contributed by atoms with Crippen LogP contribution in [-0.2, 0) is 0 Å². The molecule has 1 aliphatic carbocycles. The zero-order valence-corrected chi connectivity index (χ0v) is 15.3. The van der Waals surface area contributed by atoms with E-state index in [9.17, 15) is 5.11 Å². The van der Waals surface area contributed by atoms with Crippen LogP contribution in [0.25, 0.3) is 0 Å². The summed E-state index contributed by atoms with van der Waals surface area (Å²) in [6, 6.07) is 6.23. The molecule has 132 valence electrons. The highest BCUT2D eigenvalue weighted by Gasteiger charge is 2.33. The Morgan fingerprint density at radius 2 is 1.83 bits per heavy atom. The summed E-state index contributed by atoms with van der Waals surface area (Å²) in [7, 11) is 1.62. The maximum absolute atomic E-state index is 10.6. The molecule has 2 fully saturated rings. The van der Waals surface area contributed by atoms with Gasteiger partial charge in [-0.25, -0.2) is 0 Å². The van der Waals surface area contributed by atoms with Gasteiger partial charge in [-0.2, -0.15) is 0 Å². The number of aromatic hydroxyl groups is 1. The van der Waals surface area contributed by atoms with Gasteiger partial charge in [0.2, 0.25) is 0 Å². The lowest BCUT2D eigenvalue weighted by Crippen LogP contribution is -2.46. The van der Waals surface area contributed by atoms with Crippen molar-refractivity contribution in [3.63, 3.8) is 0 Å². The molecule has 1 heterocycles. The lowest BCUT2D eigenvalue weighted by atomic mass is 9.89. The van der Waals surface area contributed by atoms with Crippen LogP contribution >= 0.6 is 24.8 Å². The number of para-hydroxylation sites is 1. The van der Waals surface area contributed by atoms with Crippen molar-refractivity contribution in [2.45, 2.75) is 31.7 Å². The molecule has 2 aliphatic rings. The van der Waals surface area contributed by atoms with E-state index < -0.39 is 0 Å². The lowest BCUT2D eigenvalue weighted by molar-refractivity contribution is 0.123. The molecule has 0 radical (unpaired) electrons. The zero-order valence-electron chi connectivity index (χ0n) is 13.7. The molecule has 0 spiro atoms. The van der Waals surface area contributed by atoms with Crippen LogP contribution in [0.5, 0.6) is 11.5 Å². The second-order valence-corrected chi connectivity index (χ2v) is 6.17. The molecule has 1 saturated carbocycles. The largest absolute Gasteiger partial charge is 0.504 e. The van der Waals surface area contributed by atoms with Crippen LogP contribution in [0.1, 0.15) is 37.3 Å². The second-order valence-electron chi connectivity index (χ2n) is 6.17. The number of benzene rings is 1. The van der Waals surface area contributed by atoms with Crippen LogP contribution in [0.4, 0.5) is 0 Å². The third-order valence-corrected chi connectivity index (χ3v) is 4.96. The van der Waals surface area contributed by atoms with Gasteiger partial charge in [0, 0.05) is 37.8 Å². The van der Waals surface area contributed by atoms with E-state index in [1.54, 1.807) is 7.11 Å². The first kappa shape index (κ1) is 20.4. The number of hydrogen-bond donors (Lipinski definition) is 2. The molecule has 0 amide bonds. The Morgan fingerprint density at radius 3 is 2.43 bits per heavy atom. The summed E-state index contributed by atoms with van der Waals surface area (Å²) < 4.78 is 5.30. The summed E-state index contributed by atoms with van der Waals surface area (Å²) in [5.41, 5.74) is 1.04. The van der Waals surface area contributed by atoms with Crippen molar-refractivity contribution in [1.82, 2.24) is 10.2 Å². The Balaban J connectivity index is 0.00000132. The minimum absolute atomic E-state index is 0. The van der Waals surface area contributed by atoms with E-state index in [2.05, 4.69) is 16.3 Å². The van der Waals surface area contributed by atoms with E-state index >= 15 is 0 Å². The minimum atomic E-state index is 0. The van der Waals surface area contributed by atoms with Crippen LogP contribution in [-0.4, -0.2) is 43.3 Å². The predicted molar refractivity (Wildman–Crippen MR) is 98.3 cm³/mol. The quantitative estimate of drug-likeness (QED) is 0.861. The molecule has 1 aromatic rings. The van der Waals surface area contributed by atoms with Gasteiger partial charge >= 0.3 is 0 Å². The van der Waals surface area contributed by atoms with Crippen LogP contribution in [0, 0.1) is 5.92 Å². The number of phenolic OH excluding ortho intramolecular Hbond substituents is 1. The molecule has 0 aromatic heterocycles. The van der Waals surface area contributed by atoms with E-state index in [1.807, 2.05) is 12.1 Å². The first-order chi connectivity index (χ1) is 10.3. The predicted octanol–water partition coefficient (Wildman–Crippen LogP) is 3.38. The molecule has 0 unspecified atom stereocenters. The SMILES string of the molecule is COc1cccc([C@H](C2CCCC2)N2CCNCC2)c1O.Cl.Cl. The highest BCUT2D eigenvalue weighted by molar-refractivity contribution is 5.85. The monoisotopic (exact) mass is 362 g/mol. The van der Waals surface area contributed by atoms with Crippen LogP contribution in [0.15, 0.2) is 18.2 Å². The van der Waals surface area contributed by atoms with Crippen molar-refractivity contribution in [2.75, 3.05) is 33.3 Å². The molecule has 2 N–H and O–H groups in total. The first-order valence-electron chi connectivity index (χ1n) is 8.12. The first-order valence-corrected chi connectivity index (χ1v) is 8.12. The molecule has 1 aliphatic heterocycles. The number of halogens is 2. The molecule has 1 aromatic carbocycles. The van der Waals surface area contributed by atoms with Gasteiger partial charge in [0.15, 0.2) is 11.5 Å². The highest BCUT2D eigenvalue weighted by Crippen LogP contribution is 2.44. The van der Waals surface area contributed by atoms with Gasteiger partial charge in [-0.1, -0.05) is 25.0 Å². The van der Waals surface area contributed by atoms with Crippen LogP contribution < -0.4 is 10.1 Å². The van der Waals surface area contributed by atoms with Crippen molar-refractivity contribution < 1.29 is 9.84 Å². The van der Waals surface area contributed by atoms with Gasteiger partial charge in [-0.15, -0.1) is 24.8 Å². The normalized spacial score (nSPS) is 20.4. The number of piperazine rings is 1. The maximum atomic E-state index is 10.6.